The van der Waals surface area contributed by atoms with Crippen LogP contribution in [-0.2, 0) is 9.84 Å². The quantitative estimate of drug-likeness (QED) is 0.760. The van der Waals surface area contributed by atoms with E-state index in [2.05, 4.69) is 37.2 Å². The molecule has 110 valence electrons. The number of fused-ring (bicyclic) bond motifs is 1. The molecule has 0 spiro atoms. The Morgan fingerprint density at radius 2 is 1.86 bits per heavy atom. The highest BCUT2D eigenvalue weighted by molar-refractivity contribution is 9.11. The Hall–Kier alpha value is -0.850. The largest absolute Gasteiger partial charge is 0.377 e. The molecule has 2 aromatic carbocycles. The van der Waals surface area contributed by atoms with Gasteiger partial charge in [0.15, 0.2) is 9.84 Å². The molecule has 0 aromatic heterocycles. The van der Waals surface area contributed by atoms with E-state index >= 15 is 0 Å². The van der Waals surface area contributed by atoms with Gasteiger partial charge in [-0.05, 0) is 52.2 Å². The lowest BCUT2D eigenvalue weighted by Gasteiger charge is -2.27. The van der Waals surface area contributed by atoms with Crippen molar-refractivity contribution in [2.45, 2.75) is 17.4 Å². The van der Waals surface area contributed by atoms with Gasteiger partial charge in [-0.3, -0.25) is 0 Å². The van der Waals surface area contributed by atoms with Gasteiger partial charge < -0.3 is 5.32 Å². The van der Waals surface area contributed by atoms with Crippen LogP contribution in [-0.4, -0.2) is 14.2 Å². The van der Waals surface area contributed by atoms with E-state index in [1.165, 1.54) is 0 Å². The third-order valence-electron chi connectivity index (χ3n) is 3.56. The van der Waals surface area contributed by atoms with E-state index in [1.54, 1.807) is 12.1 Å². The molecule has 1 unspecified atom stereocenters. The fourth-order valence-corrected chi connectivity index (χ4v) is 4.88. The van der Waals surface area contributed by atoms with Crippen molar-refractivity contribution in [1.82, 2.24) is 0 Å². The summed E-state index contributed by atoms with van der Waals surface area (Å²) in [6, 6.07) is 13.1. The highest BCUT2D eigenvalue weighted by Crippen LogP contribution is 2.36. The van der Waals surface area contributed by atoms with Gasteiger partial charge in [-0.25, -0.2) is 8.42 Å². The number of sulfone groups is 1. The predicted molar refractivity (Wildman–Crippen MR) is 91.3 cm³/mol. The fourth-order valence-electron chi connectivity index (χ4n) is 2.54. The zero-order valence-corrected chi connectivity index (χ0v) is 15.0. The lowest BCUT2D eigenvalue weighted by molar-refractivity contribution is 0.576. The molecule has 0 aliphatic carbocycles. The molecule has 3 nitrogen and oxygen atoms in total. The summed E-state index contributed by atoms with van der Waals surface area (Å²) in [4.78, 5) is 0.444. The maximum atomic E-state index is 12.1. The molecule has 1 heterocycles. The average Bonchev–Trinajstić information content (AvgIpc) is 2.46. The van der Waals surface area contributed by atoms with E-state index in [4.69, 9.17) is 0 Å². The van der Waals surface area contributed by atoms with Crippen LogP contribution in [0.5, 0.6) is 0 Å². The van der Waals surface area contributed by atoms with Gasteiger partial charge in [0.05, 0.1) is 22.4 Å². The number of hydrogen-bond acceptors (Lipinski definition) is 3. The van der Waals surface area contributed by atoms with Crippen LogP contribution in [0.25, 0.3) is 0 Å². The van der Waals surface area contributed by atoms with Crippen molar-refractivity contribution in [3.63, 3.8) is 0 Å². The first kappa shape index (κ1) is 15.1. The summed E-state index contributed by atoms with van der Waals surface area (Å²) in [5.74, 6) is 0.174. The van der Waals surface area contributed by atoms with Crippen molar-refractivity contribution >= 4 is 47.4 Å². The van der Waals surface area contributed by atoms with Gasteiger partial charge in [0.25, 0.3) is 0 Å². The maximum absolute atomic E-state index is 12.1. The summed E-state index contributed by atoms with van der Waals surface area (Å²) in [5.41, 5.74) is 1.79. The molecule has 6 heteroatoms. The first-order valence-electron chi connectivity index (χ1n) is 6.51. The van der Waals surface area contributed by atoms with Crippen molar-refractivity contribution in [2.24, 2.45) is 0 Å². The second-order valence-electron chi connectivity index (χ2n) is 4.97. The molecule has 0 fully saturated rings. The normalized spacial score (nSPS) is 19.8. The Morgan fingerprint density at radius 3 is 2.67 bits per heavy atom. The number of halogens is 2. The SMILES string of the molecule is O=S1(=O)CCC(Nc2cc(Br)ccc2Br)c2ccccc21. The van der Waals surface area contributed by atoms with Crippen LogP contribution < -0.4 is 5.32 Å². The molecule has 0 saturated carbocycles. The minimum atomic E-state index is -3.15. The van der Waals surface area contributed by atoms with Crippen LogP contribution in [0.15, 0.2) is 56.3 Å². The molecule has 21 heavy (non-hydrogen) atoms. The van der Waals surface area contributed by atoms with Gasteiger partial charge in [-0.1, -0.05) is 34.1 Å². The minimum Gasteiger partial charge on any atom is -0.377 e. The third-order valence-corrected chi connectivity index (χ3v) is 6.56. The van der Waals surface area contributed by atoms with Gasteiger partial charge >= 0.3 is 0 Å². The second-order valence-corrected chi connectivity index (χ2v) is 8.81. The Bertz CT molecular complexity index is 790. The number of anilines is 1. The summed E-state index contributed by atoms with van der Waals surface area (Å²) in [5, 5.41) is 3.44. The molecular weight excluding hydrogens is 418 g/mol. The lowest BCUT2D eigenvalue weighted by Crippen LogP contribution is -2.24. The summed E-state index contributed by atoms with van der Waals surface area (Å²) >= 11 is 6.97. The van der Waals surface area contributed by atoms with Gasteiger partial charge in [0, 0.05) is 8.95 Å². The van der Waals surface area contributed by atoms with E-state index in [9.17, 15) is 8.42 Å². The van der Waals surface area contributed by atoms with E-state index in [-0.39, 0.29) is 11.8 Å². The Balaban J connectivity index is 1.99. The Morgan fingerprint density at radius 1 is 1.10 bits per heavy atom. The van der Waals surface area contributed by atoms with Gasteiger partial charge in [-0.2, -0.15) is 0 Å². The van der Waals surface area contributed by atoms with Crippen LogP contribution in [0.1, 0.15) is 18.0 Å². The van der Waals surface area contributed by atoms with Crippen LogP contribution in [0.4, 0.5) is 5.69 Å². The number of rotatable bonds is 2. The molecule has 1 aliphatic heterocycles. The first-order valence-corrected chi connectivity index (χ1v) is 9.74. The average molecular weight is 431 g/mol. The van der Waals surface area contributed by atoms with Crippen molar-refractivity contribution in [2.75, 3.05) is 11.1 Å². The zero-order chi connectivity index (χ0) is 15.0. The standard InChI is InChI=1S/C15H13Br2NO2S/c16-10-5-6-12(17)14(9-10)18-13-7-8-21(19,20)15-4-2-1-3-11(13)15/h1-6,9,13,18H,7-8H2. The lowest BCUT2D eigenvalue weighted by atomic mass is 10.0. The van der Waals surface area contributed by atoms with Crippen molar-refractivity contribution in [3.8, 4) is 0 Å². The van der Waals surface area contributed by atoms with E-state index in [0.29, 0.717) is 11.3 Å². The summed E-state index contributed by atoms with van der Waals surface area (Å²) < 4.78 is 26.2. The fraction of sp³-hybridized carbons (Fsp3) is 0.200. The van der Waals surface area contributed by atoms with Gasteiger partial charge in [0.2, 0.25) is 0 Å². The molecule has 1 atom stereocenters. The molecule has 0 bridgehead atoms. The van der Waals surface area contributed by atoms with Crippen molar-refractivity contribution in [1.29, 1.82) is 0 Å². The summed E-state index contributed by atoms with van der Waals surface area (Å²) in [6.45, 7) is 0. The maximum Gasteiger partial charge on any atom is 0.178 e. The highest BCUT2D eigenvalue weighted by Gasteiger charge is 2.30. The summed E-state index contributed by atoms with van der Waals surface area (Å²) in [7, 11) is -3.15. The first-order chi connectivity index (χ1) is 9.97. The van der Waals surface area contributed by atoms with E-state index in [1.807, 2.05) is 30.3 Å². The van der Waals surface area contributed by atoms with Gasteiger partial charge in [0.1, 0.15) is 0 Å². The topological polar surface area (TPSA) is 46.2 Å². The van der Waals surface area contributed by atoms with Crippen LogP contribution in [0, 0.1) is 0 Å². The van der Waals surface area contributed by atoms with Crippen molar-refractivity contribution < 1.29 is 8.42 Å². The molecule has 0 saturated heterocycles. The number of hydrogen-bond donors (Lipinski definition) is 1. The monoisotopic (exact) mass is 429 g/mol. The van der Waals surface area contributed by atoms with Crippen LogP contribution in [0.3, 0.4) is 0 Å². The molecule has 1 aliphatic rings. The number of benzene rings is 2. The molecule has 0 amide bonds. The van der Waals surface area contributed by atoms with Crippen molar-refractivity contribution in [3.05, 3.63) is 57.0 Å². The summed E-state index contributed by atoms with van der Waals surface area (Å²) in [6.07, 6.45) is 0.568. The smallest absolute Gasteiger partial charge is 0.178 e. The second kappa shape index (κ2) is 5.74. The molecular formula is C15H13Br2NO2S. The Kier molecular flexibility index (Phi) is 4.12. The molecule has 1 N–H and O–H groups in total. The third kappa shape index (κ3) is 3.03. The number of nitrogens with one attached hydrogen (secondary N) is 1. The molecule has 2 aromatic rings. The highest BCUT2D eigenvalue weighted by atomic mass is 79.9. The molecule has 0 radical (unpaired) electrons. The molecule has 3 rings (SSSR count). The predicted octanol–water partition coefficient (Wildman–Crippen LogP) is 4.54. The van der Waals surface area contributed by atoms with Crippen LogP contribution in [0.2, 0.25) is 0 Å². The minimum absolute atomic E-state index is 0.00433. The van der Waals surface area contributed by atoms with E-state index in [0.717, 1.165) is 20.2 Å². The Labute approximate surface area is 140 Å². The van der Waals surface area contributed by atoms with Crippen LogP contribution >= 0.6 is 31.9 Å². The van der Waals surface area contributed by atoms with E-state index < -0.39 is 9.84 Å². The van der Waals surface area contributed by atoms with Gasteiger partial charge in [-0.15, -0.1) is 0 Å². The zero-order valence-electron chi connectivity index (χ0n) is 11.0.